The first kappa shape index (κ1) is 15.3. The molecule has 3 N–H and O–H groups in total. The number of carbonyl (C=O) groups is 2. The Morgan fingerprint density at radius 1 is 1.33 bits per heavy atom. The van der Waals surface area contributed by atoms with Crippen LogP contribution in [-0.2, 0) is 4.79 Å². The number of amides is 1. The van der Waals surface area contributed by atoms with Gasteiger partial charge < -0.3 is 15.5 Å². The van der Waals surface area contributed by atoms with E-state index in [-0.39, 0.29) is 5.56 Å². The number of phenols is 1. The van der Waals surface area contributed by atoms with E-state index in [1.54, 1.807) is 0 Å². The lowest BCUT2D eigenvalue weighted by molar-refractivity contribution is -0.146. The fourth-order valence-electron chi connectivity index (χ4n) is 2.63. The largest absolute Gasteiger partial charge is 0.507 e. The number of carboxylic acids is 1. The molecule has 1 saturated carbocycles. The molecule has 1 aromatic rings. The van der Waals surface area contributed by atoms with Crippen molar-refractivity contribution in [1.82, 2.24) is 5.32 Å². The van der Waals surface area contributed by atoms with Crippen LogP contribution in [0.15, 0.2) is 18.2 Å². The molecule has 0 bridgehead atoms. The molecule has 2 rings (SSSR count). The van der Waals surface area contributed by atoms with E-state index in [1.165, 1.54) is 0 Å². The predicted molar refractivity (Wildman–Crippen MR) is 73.5 cm³/mol. The highest BCUT2D eigenvalue weighted by Crippen LogP contribution is 2.33. The second-order valence-corrected chi connectivity index (χ2v) is 5.69. The Morgan fingerprint density at radius 2 is 1.95 bits per heavy atom. The van der Waals surface area contributed by atoms with E-state index in [0.29, 0.717) is 31.6 Å². The Labute approximate surface area is 121 Å². The van der Waals surface area contributed by atoms with Gasteiger partial charge in [-0.25, -0.2) is 9.18 Å². The molecule has 1 amide bonds. The number of benzene rings is 1. The molecular weight excluding hydrogens is 277 g/mol. The Hall–Kier alpha value is -2.11. The topological polar surface area (TPSA) is 86.6 Å². The third kappa shape index (κ3) is 3.15. The molecule has 0 unspecified atom stereocenters. The maximum Gasteiger partial charge on any atom is 0.329 e. The number of rotatable bonds is 3. The van der Waals surface area contributed by atoms with E-state index in [9.17, 15) is 24.2 Å². The van der Waals surface area contributed by atoms with Gasteiger partial charge in [0.25, 0.3) is 5.91 Å². The molecule has 6 heteroatoms. The van der Waals surface area contributed by atoms with Gasteiger partial charge >= 0.3 is 5.97 Å². The van der Waals surface area contributed by atoms with Gasteiger partial charge in [-0.1, -0.05) is 6.92 Å². The van der Waals surface area contributed by atoms with Crippen molar-refractivity contribution in [3.63, 3.8) is 0 Å². The lowest BCUT2D eigenvalue weighted by Crippen LogP contribution is -2.56. The summed E-state index contributed by atoms with van der Waals surface area (Å²) in [5.41, 5.74) is -1.44. The molecule has 0 aliphatic heterocycles. The molecule has 0 saturated heterocycles. The van der Waals surface area contributed by atoms with Crippen LogP contribution in [0.25, 0.3) is 0 Å². The van der Waals surface area contributed by atoms with Gasteiger partial charge in [0, 0.05) is 6.07 Å². The van der Waals surface area contributed by atoms with Crippen LogP contribution < -0.4 is 5.32 Å². The normalized spacial score (nSPS) is 25.3. The average molecular weight is 295 g/mol. The molecule has 5 nitrogen and oxygen atoms in total. The van der Waals surface area contributed by atoms with Gasteiger partial charge in [0.1, 0.15) is 17.1 Å². The van der Waals surface area contributed by atoms with Crippen LogP contribution in [0.1, 0.15) is 43.0 Å². The third-order valence-electron chi connectivity index (χ3n) is 4.09. The number of carbonyl (C=O) groups excluding carboxylic acids is 1. The van der Waals surface area contributed by atoms with Gasteiger partial charge in [0.05, 0.1) is 5.56 Å². The van der Waals surface area contributed by atoms with Crippen molar-refractivity contribution >= 4 is 11.9 Å². The van der Waals surface area contributed by atoms with Gasteiger partial charge in [0.2, 0.25) is 0 Å². The zero-order valence-corrected chi connectivity index (χ0v) is 11.7. The summed E-state index contributed by atoms with van der Waals surface area (Å²) in [5, 5.41) is 21.6. The minimum absolute atomic E-state index is 0.129. The fourth-order valence-corrected chi connectivity index (χ4v) is 2.63. The maximum absolute atomic E-state index is 12.9. The van der Waals surface area contributed by atoms with E-state index >= 15 is 0 Å². The van der Waals surface area contributed by atoms with Crippen molar-refractivity contribution in [2.75, 3.05) is 0 Å². The second-order valence-electron chi connectivity index (χ2n) is 5.69. The molecule has 0 radical (unpaired) electrons. The van der Waals surface area contributed by atoms with Gasteiger partial charge in [-0.05, 0) is 43.7 Å². The number of phenolic OH excluding ortho intramolecular Hbond substituents is 1. The number of carboxylic acid groups (broad SMARTS) is 1. The molecule has 21 heavy (non-hydrogen) atoms. The second kappa shape index (κ2) is 5.71. The molecule has 1 fully saturated rings. The number of nitrogens with one attached hydrogen (secondary N) is 1. The van der Waals surface area contributed by atoms with E-state index in [0.717, 1.165) is 18.2 Å². The first-order valence-electron chi connectivity index (χ1n) is 6.88. The minimum Gasteiger partial charge on any atom is -0.507 e. The van der Waals surface area contributed by atoms with Crippen LogP contribution in [0.5, 0.6) is 5.75 Å². The van der Waals surface area contributed by atoms with Crippen molar-refractivity contribution in [2.45, 2.75) is 38.1 Å². The van der Waals surface area contributed by atoms with Crippen LogP contribution in [-0.4, -0.2) is 27.6 Å². The molecule has 1 aliphatic carbocycles. The number of hydrogen-bond acceptors (Lipinski definition) is 3. The SMILES string of the molecule is CC1CCC(NC(=O)c2ccc(F)cc2O)(C(=O)O)CC1. The summed E-state index contributed by atoms with van der Waals surface area (Å²) >= 11 is 0. The van der Waals surface area contributed by atoms with Crippen LogP contribution in [0, 0.1) is 11.7 Å². The molecule has 114 valence electrons. The minimum atomic E-state index is -1.32. The first-order valence-corrected chi connectivity index (χ1v) is 6.88. The summed E-state index contributed by atoms with van der Waals surface area (Å²) in [4.78, 5) is 23.7. The molecule has 0 atom stereocenters. The monoisotopic (exact) mass is 295 g/mol. The Morgan fingerprint density at radius 3 is 2.48 bits per heavy atom. The fraction of sp³-hybridized carbons (Fsp3) is 0.467. The van der Waals surface area contributed by atoms with E-state index < -0.39 is 29.0 Å². The molecule has 1 aromatic carbocycles. The summed E-state index contributed by atoms with van der Waals surface area (Å²) < 4.78 is 12.9. The smallest absolute Gasteiger partial charge is 0.329 e. The Kier molecular flexibility index (Phi) is 4.16. The summed E-state index contributed by atoms with van der Waals surface area (Å²) in [6.45, 7) is 2.04. The highest BCUT2D eigenvalue weighted by Gasteiger charge is 2.42. The predicted octanol–water partition coefficient (Wildman–Crippen LogP) is 2.29. The highest BCUT2D eigenvalue weighted by molar-refractivity contribution is 5.99. The van der Waals surface area contributed by atoms with Crippen molar-refractivity contribution in [3.05, 3.63) is 29.6 Å². The first-order chi connectivity index (χ1) is 9.84. The zero-order chi connectivity index (χ0) is 15.6. The molecule has 0 heterocycles. The van der Waals surface area contributed by atoms with Crippen LogP contribution in [0.3, 0.4) is 0 Å². The lowest BCUT2D eigenvalue weighted by atomic mass is 9.77. The van der Waals surface area contributed by atoms with E-state index in [2.05, 4.69) is 5.32 Å². The number of aromatic hydroxyl groups is 1. The number of hydrogen-bond donors (Lipinski definition) is 3. The third-order valence-corrected chi connectivity index (χ3v) is 4.09. The number of aliphatic carboxylic acids is 1. The van der Waals surface area contributed by atoms with Crippen molar-refractivity contribution < 1.29 is 24.2 Å². The Balaban J connectivity index is 2.21. The summed E-state index contributed by atoms with van der Waals surface area (Å²) in [5.74, 6) is -2.52. The molecule has 1 aliphatic rings. The summed E-state index contributed by atoms with van der Waals surface area (Å²) in [6, 6.07) is 3.01. The molecular formula is C15H18FNO4. The summed E-state index contributed by atoms with van der Waals surface area (Å²) in [7, 11) is 0. The van der Waals surface area contributed by atoms with Crippen molar-refractivity contribution in [1.29, 1.82) is 0 Å². The lowest BCUT2D eigenvalue weighted by Gasteiger charge is -2.36. The molecule has 0 aromatic heterocycles. The number of halogens is 1. The average Bonchev–Trinajstić information content (AvgIpc) is 2.41. The standard InChI is InChI=1S/C15H18FNO4/c1-9-4-6-15(7-5-9,14(20)21)17-13(19)11-3-2-10(16)8-12(11)18/h2-3,8-9,18H,4-7H2,1H3,(H,17,19)(H,20,21). The van der Waals surface area contributed by atoms with Crippen molar-refractivity contribution in [2.24, 2.45) is 5.92 Å². The zero-order valence-electron chi connectivity index (χ0n) is 11.7. The van der Waals surface area contributed by atoms with Crippen LogP contribution in [0.2, 0.25) is 0 Å². The van der Waals surface area contributed by atoms with Gasteiger partial charge in [-0.15, -0.1) is 0 Å². The van der Waals surface area contributed by atoms with Crippen molar-refractivity contribution in [3.8, 4) is 5.75 Å². The van der Waals surface area contributed by atoms with Gasteiger partial charge in [-0.2, -0.15) is 0 Å². The highest BCUT2D eigenvalue weighted by atomic mass is 19.1. The molecule has 0 spiro atoms. The van der Waals surface area contributed by atoms with Crippen LogP contribution >= 0.6 is 0 Å². The van der Waals surface area contributed by atoms with E-state index in [4.69, 9.17) is 0 Å². The van der Waals surface area contributed by atoms with Gasteiger partial charge in [0.15, 0.2) is 0 Å². The maximum atomic E-state index is 12.9. The van der Waals surface area contributed by atoms with E-state index in [1.807, 2.05) is 6.92 Å². The quantitative estimate of drug-likeness (QED) is 0.798. The van der Waals surface area contributed by atoms with Gasteiger partial charge in [-0.3, -0.25) is 4.79 Å². The summed E-state index contributed by atoms with van der Waals surface area (Å²) in [6.07, 6.45) is 2.11. The Bertz CT molecular complexity index is 565. The van der Waals surface area contributed by atoms with Crippen LogP contribution in [0.4, 0.5) is 4.39 Å².